The van der Waals surface area contributed by atoms with Crippen LogP contribution in [0.25, 0.3) is 0 Å². The molecular weight excluding hydrogens is 961 g/mol. The molecule has 0 bridgehead atoms. The first kappa shape index (κ1) is 70.2. The highest BCUT2D eigenvalue weighted by molar-refractivity contribution is 5.85. The zero-order valence-corrected chi connectivity index (χ0v) is 47.3. The minimum Gasteiger partial charge on any atom is -0.469 e. The number of esters is 3. The van der Waals surface area contributed by atoms with Crippen molar-refractivity contribution in [2.24, 2.45) is 0 Å². The molecule has 0 saturated heterocycles. The van der Waals surface area contributed by atoms with E-state index < -0.39 is 23.2 Å². The minimum atomic E-state index is -0.938. The molecule has 0 aromatic carbocycles. The largest absolute Gasteiger partial charge is 0.469 e. The number of methoxy groups -OCH3 is 1. The van der Waals surface area contributed by atoms with E-state index >= 15 is 0 Å². The number of quaternary nitrogens is 1. The van der Waals surface area contributed by atoms with Gasteiger partial charge in [0.15, 0.2) is 5.78 Å². The molecule has 0 fully saturated rings. The van der Waals surface area contributed by atoms with E-state index in [-0.39, 0.29) is 101 Å². The van der Waals surface area contributed by atoms with Crippen LogP contribution < -0.4 is 16.0 Å². The van der Waals surface area contributed by atoms with Crippen molar-refractivity contribution in [1.29, 1.82) is 0 Å². The number of nitrogens with one attached hydrogen (secondary N) is 3. The number of carbonyl (C=O) groups excluding carboxylic acids is 7. The zero-order chi connectivity index (χ0) is 55.4. The van der Waals surface area contributed by atoms with Gasteiger partial charge in [0, 0.05) is 38.8 Å². The maximum atomic E-state index is 12.9. The Labute approximate surface area is 444 Å². The number of hydrogen-bond acceptors (Lipinski definition) is 16. The van der Waals surface area contributed by atoms with E-state index in [4.69, 9.17) is 37.9 Å². The standard InChI is InChI=1S/C54H100N4O16/c1-53(2,3)73-51(64)25-21-19-17-15-13-11-10-12-14-16-18-20-24-48(61)57-46(52(65)74-54(4,5)6)26-27-47(60)56-30-35-69-40-41-71-43-45(59)23-22-33-67-39-42-72-44-49(62)55-29-31-58(7,8)32-36-70-38-37-68-34-28-50(63)66-9/h46H,10-44H2,1-9H3,(H2-,55,56,57,60,61,62)/p+1/t46-/m0/s1. The van der Waals surface area contributed by atoms with Gasteiger partial charge in [0.2, 0.25) is 17.7 Å². The van der Waals surface area contributed by atoms with Crippen molar-refractivity contribution in [3.05, 3.63) is 0 Å². The van der Waals surface area contributed by atoms with Crippen molar-refractivity contribution >= 4 is 41.4 Å². The van der Waals surface area contributed by atoms with Crippen LogP contribution in [0.4, 0.5) is 0 Å². The third kappa shape index (κ3) is 49.1. The summed E-state index contributed by atoms with van der Waals surface area (Å²) in [6, 6.07) is -0.938. The summed E-state index contributed by atoms with van der Waals surface area (Å²) >= 11 is 0. The van der Waals surface area contributed by atoms with Crippen molar-refractivity contribution in [3.8, 4) is 0 Å². The third-order valence-electron chi connectivity index (χ3n) is 11.1. The minimum absolute atomic E-state index is 0.0152. The molecule has 74 heavy (non-hydrogen) atoms. The average Bonchev–Trinajstić information content (AvgIpc) is 3.31. The van der Waals surface area contributed by atoms with Crippen LogP contribution in [0, 0.1) is 0 Å². The molecule has 0 aromatic rings. The Morgan fingerprint density at radius 2 is 0.932 bits per heavy atom. The van der Waals surface area contributed by atoms with Gasteiger partial charge in [-0.25, -0.2) is 4.79 Å². The molecule has 1 atom stereocenters. The lowest BCUT2D eigenvalue weighted by atomic mass is 10.0. The van der Waals surface area contributed by atoms with E-state index in [2.05, 4.69) is 34.8 Å². The first-order valence-corrected chi connectivity index (χ1v) is 27.3. The topological polar surface area (TPSA) is 239 Å². The molecule has 0 radical (unpaired) electrons. The first-order valence-electron chi connectivity index (χ1n) is 27.3. The summed E-state index contributed by atoms with van der Waals surface area (Å²) < 4.78 is 48.9. The van der Waals surface area contributed by atoms with E-state index in [1.807, 2.05) is 20.8 Å². The van der Waals surface area contributed by atoms with Crippen molar-refractivity contribution < 1.29 is 80.7 Å². The van der Waals surface area contributed by atoms with Crippen molar-refractivity contribution in [3.63, 3.8) is 0 Å². The number of unbranched alkanes of at least 4 members (excludes halogenated alkanes) is 11. The van der Waals surface area contributed by atoms with Crippen LogP contribution in [0.15, 0.2) is 0 Å². The number of carbonyl (C=O) groups is 7. The molecule has 0 saturated carbocycles. The molecule has 0 unspecified atom stereocenters. The van der Waals surface area contributed by atoms with E-state index in [9.17, 15) is 33.6 Å². The fraction of sp³-hybridized carbons (Fsp3) is 0.870. The second-order valence-electron chi connectivity index (χ2n) is 21.1. The van der Waals surface area contributed by atoms with E-state index in [0.29, 0.717) is 76.4 Å². The zero-order valence-electron chi connectivity index (χ0n) is 47.3. The van der Waals surface area contributed by atoms with E-state index in [1.54, 1.807) is 20.8 Å². The summed E-state index contributed by atoms with van der Waals surface area (Å²) in [5.41, 5.74) is -1.17. The summed E-state index contributed by atoms with van der Waals surface area (Å²) in [4.78, 5) is 85.5. The van der Waals surface area contributed by atoms with Gasteiger partial charge in [-0.05, 0) is 67.2 Å². The average molecular weight is 1060 g/mol. The van der Waals surface area contributed by atoms with Crippen molar-refractivity contribution in [2.45, 2.75) is 181 Å². The maximum absolute atomic E-state index is 12.9. The highest BCUT2D eigenvalue weighted by Gasteiger charge is 2.27. The molecule has 0 heterocycles. The second kappa shape index (κ2) is 44.3. The Hall–Kier alpha value is -3.79. The number of nitrogens with zero attached hydrogens (tertiary/aromatic N) is 1. The van der Waals surface area contributed by atoms with Gasteiger partial charge < -0.3 is 63.1 Å². The van der Waals surface area contributed by atoms with E-state index in [0.717, 1.165) is 58.0 Å². The van der Waals surface area contributed by atoms with Crippen LogP contribution in [0.3, 0.4) is 0 Å². The van der Waals surface area contributed by atoms with Crippen LogP contribution in [0.5, 0.6) is 0 Å². The lowest BCUT2D eigenvalue weighted by Gasteiger charge is -2.29. The maximum Gasteiger partial charge on any atom is 0.329 e. The van der Waals surface area contributed by atoms with Crippen molar-refractivity contribution in [2.75, 3.05) is 127 Å². The summed E-state index contributed by atoms with van der Waals surface area (Å²) in [5, 5.41) is 8.41. The molecule has 20 nitrogen and oxygen atoms in total. The van der Waals surface area contributed by atoms with Gasteiger partial charge in [-0.15, -0.1) is 0 Å². The highest BCUT2D eigenvalue weighted by Crippen LogP contribution is 2.16. The molecular formula is C54H101N4O16+. The molecule has 0 aliphatic rings. The van der Waals surface area contributed by atoms with E-state index in [1.165, 1.54) is 39.2 Å². The lowest BCUT2D eigenvalue weighted by Crippen LogP contribution is -2.47. The van der Waals surface area contributed by atoms with Gasteiger partial charge in [-0.1, -0.05) is 64.2 Å². The molecule has 0 aliphatic carbocycles. The highest BCUT2D eigenvalue weighted by atomic mass is 16.6. The van der Waals surface area contributed by atoms with Gasteiger partial charge in [0.25, 0.3) is 0 Å². The Bertz CT molecular complexity index is 1520. The van der Waals surface area contributed by atoms with Crippen LogP contribution in [-0.2, 0) is 76.2 Å². The molecule has 3 amide bonds. The molecule has 20 heteroatoms. The monoisotopic (exact) mass is 1060 g/mol. The number of hydrogen-bond donors (Lipinski definition) is 3. The van der Waals surface area contributed by atoms with Gasteiger partial charge in [-0.3, -0.25) is 28.8 Å². The molecule has 3 N–H and O–H groups in total. The summed E-state index contributed by atoms with van der Waals surface area (Å²) in [6.45, 7) is 16.3. The van der Waals surface area contributed by atoms with Gasteiger partial charge in [0.05, 0.1) is 100 Å². The van der Waals surface area contributed by atoms with Crippen LogP contribution in [-0.4, -0.2) is 190 Å². The number of ketones is 1. The Morgan fingerprint density at radius 1 is 0.432 bits per heavy atom. The molecule has 432 valence electrons. The number of amides is 3. The fourth-order valence-electron chi connectivity index (χ4n) is 7.02. The first-order chi connectivity index (χ1) is 35.1. The van der Waals surface area contributed by atoms with Gasteiger partial charge >= 0.3 is 17.9 Å². The predicted octanol–water partition coefficient (Wildman–Crippen LogP) is 5.72. The molecule has 0 aromatic heterocycles. The smallest absolute Gasteiger partial charge is 0.329 e. The van der Waals surface area contributed by atoms with Crippen LogP contribution >= 0.6 is 0 Å². The Kier molecular flexibility index (Phi) is 42.1. The second-order valence-corrected chi connectivity index (χ2v) is 21.1. The molecule has 0 spiro atoms. The fourth-order valence-corrected chi connectivity index (χ4v) is 7.02. The number of likely N-dealkylation sites (N-methyl/N-ethyl adjacent to an activating group) is 1. The quantitative estimate of drug-likeness (QED) is 0.0286. The molecule has 0 aliphatic heterocycles. The SMILES string of the molecule is COC(=O)CCOCCOCC[N+](C)(C)CCNC(=O)COCCOCCCC(=O)COCCOCCNC(=O)CC[C@H](NC(=O)CCCCCCCCCCCCCCC(=O)OC(C)(C)C)C(=O)OC(C)(C)C. The Balaban J connectivity index is 3.95. The van der Waals surface area contributed by atoms with Crippen LogP contribution in [0.2, 0.25) is 0 Å². The summed E-state index contributed by atoms with van der Waals surface area (Å²) in [5.74, 6) is -1.79. The summed E-state index contributed by atoms with van der Waals surface area (Å²) in [7, 11) is 5.45. The van der Waals surface area contributed by atoms with Crippen LogP contribution in [0.1, 0.15) is 164 Å². The third-order valence-corrected chi connectivity index (χ3v) is 11.1. The Morgan fingerprint density at radius 3 is 1.51 bits per heavy atom. The number of Topliss-reactive ketones (excluding diaryl/α,β-unsaturated/α-hetero) is 1. The molecule has 0 rings (SSSR count). The van der Waals surface area contributed by atoms with Gasteiger partial charge in [0.1, 0.15) is 37.0 Å². The van der Waals surface area contributed by atoms with Crippen molar-refractivity contribution in [1.82, 2.24) is 16.0 Å². The number of rotatable bonds is 49. The number of ether oxygens (including phenoxy) is 9. The summed E-state index contributed by atoms with van der Waals surface area (Å²) in [6.07, 6.45) is 14.8. The normalized spacial score (nSPS) is 12.2. The predicted molar refractivity (Wildman–Crippen MR) is 281 cm³/mol. The lowest BCUT2D eigenvalue weighted by molar-refractivity contribution is -0.889. The van der Waals surface area contributed by atoms with Gasteiger partial charge in [-0.2, -0.15) is 0 Å².